The molecule has 0 unspecified atom stereocenters. The molecule has 1 aliphatic rings. The lowest BCUT2D eigenvalue weighted by Crippen LogP contribution is -2.36. The number of anilines is 2. The van der Waals surface area contributed by atoms with Crippen LogP contribution in [-0.4, -0.2) is 37.8 Å². The lowest BCUT2D eigenvalue weighted by atomic mass is 9.93. The largest absolute Gasteiger partial charge is 0.391 e. The molecule has 1 aliphatic carbocycles. The molecule has 3 aromatic rings. The Morgan fingerprint density at radius 1 is 1.22 bits per heavy atom. The zero-order valence-electron chi connectivity index (χ0n) is 14.6. The van der Waals surface area contributed by atoms with Gasteiger partial charge in [0.25, 0.3) is 5.91 Å². The first-order valence-corrected chi connectivity index (χ1v) is 10.0. The van der Waals surface area contributed by atoms with E-state index in [-0.39, 0.29) is 18.1 Å². The van der Waals surface area contributed by atoms with E-state index in [1.165, 1.54) is 6.20 Å². The Morgan fingerprint density at radius 2 is 2.04 bits per heavy atom. The summed E-state index contributed by atoms with van der Waals surface area (Å²) in [5.74, 6) is 0.383. The molecule has 7 nitrogen and oxygen atoms in total. The number of aliphatic hydroxyl groups excluding tert-OH is 1. The fourth-order valence-corrected chi connectivity index (χ4v) is 3.85. The quantitative estimate of drug-likeness (QED) is 0.502. The molecule has 2 aromatic heterocycles. The lowest BCUT2D eigenvalue weighted by molar-refractivity contribution is 0.102. The molecular weight excluding hydrogens is 457 g/mol. The standard InChI is InChI=1S/C19H20IN5O2/c20-13-5-1-2-6-14(13)23-19(27)12-11-21-25-10-9-17(24-18(12)25)22-15-7-3-4-8-16(15)26/h1-2,5-6,9-11,15-16,26H,3-4,7-8H2,(H,22,24)(H,23,27)/t15-,16+/m1/s1. The third-order valence-corrected chi connectivity index (χ3v) is 5.74. The SMILES string of the molecule is O=C(Nc1ccccc1I)c1cnn2ccc(N[C@@H]3CCCC[C@@H]3O)nc12. The maximum atomic E-state index is 12.7. The summed E-state index contributed by atoms with van der Waals surface area (Å²) in [5.41, 5.74) is 1.64. The minimum absolute atomic E-state index is 0.0141. The first-order chi connectivity index (χ1) is 13.1. The molecule has 8 heteroatoms. The molecule has 140 valence electrons. The molecule has 1 saturated carbocycles. The molecule has 1 amide bonds. The number of amides is 1. The lowest BCUT2D eigenvalue weighted by Gasteiger charge is -2.28. The molecule has 0 bridgehead atoms. The van der Waals surface area contributed by atoms with Crippen molar-refractivity contribution in [2.75, 3.05) is 10.6 Å². The van der Waals surface area contributed by atoms with Gasteiger partial charge in [0.15, 0.2) is 5.65 Å². The Labute approximate surface area is 170 Å². The fraction of sp³-hybridized carbons (Fsp3) is 0.316. The van der Waals surface area contributed by atoms with Crippen LogP contribution in [0.25, 0.3) is 5.65 Å². The summed E-state index contributed by atoms with van der Waals surface area (Å²) in [7, 11) is 0. The molecule has 0 aliphatic heterocycles. The number of benzene rings is 1. The van der Waals surface area contributed by atoms with E-state index in [9.17, 15) is 9.90 Å². The summed E-state index contributed by atoms with van der Waals surface area (Å²) in [6, 6.07) is 9.39. The van der Waals surface area contributed by atoms with Crippen LogP contribution in [0, 0.1) is 3.57 Å². The van der Waals surface area contributed by atoms with Crippen LogP contribution in [-0.2, 0) is 0 Å². The average Bonchev–Trinajstić information content (AvgIpc) is 3.09. The highest BCUT2D eigenvalue weighted by Gasteiger charge is 2.23. The van der Waals surface area contributed by atoms with Gasteiger partial charge in [0.05, 0.1) is 24.0 Å². The van der Waals surface area contributed by atoms with Crippen molar-refractivity contribution in [3.63, 3.8) is 0 Å². The summed E-state index contributed by atoms with van der Waals surface area (Å²) >= 11 is 2.18. The number of nitrogens with zero attached hydrogens (tertiary/aromatic N) is 3. The zero-order chi connectivity index (χ0) is 18.8. The van der Waals surface area contributed by atoms with Crippen LogP contribution in [0.15, 0.2) is 42.7 Å². The Bertz CT molecular complexity index is 974. The molecule has 27 heavy (non-hydrogen) atoms. The molecule has 0 radical (unpaired) electrons. The molecule has 4 rings (SSSR count). The van der Waals surface area contributed by atoms with Crippen LogP contribution in [0.3, 0.4) is 0 Å². The third-order valence-electron chi connectivity index (χ3n) is 4.80. The van der Waals surface area contributed by atoms with E-state index in [2.05, 4.69) is 43.3 Å². The van der Waals surface area contributed by atoms with Crippen molar-refractivity contribution in [3.8, 4) is 0 Å². The minimum atomic E-state index is -0.371. The fourth-order valence-electron chi connectivity index (χ4n) is 3.33. The van der Waals surface area contributed by atoms with E-state index in [1.54, 1.807) is 10.7 Å². The van der Waals surface area contributed by atoms with Crippen LogP contribution < -0.4 is 10.6 Å². The summed E-state index contributed by atoms with van der Waals surface area (Å²) in [6.07, 6.45) is 6.77. The van der Waals surface area contributed by atoms with Crippen molar-refractivity contribution in [1.29, 1.82) is 0 Å². The molecule has 1 fully saturated rings. The number of nitrogens with one attached hydrogen (secondary N) is 2. The maximum absolute atomic E-state index is 12.7. The number of fused-ring (bicyclic) bond motifs is 1. The predicted molar refractivity (Wildman–Crippen MR) is 112 cm³/mol. The second kappa shape index (κ2) is 7.81. The van der Waals surface area contributed by atoms with Crippen LogP contribution in [0.4, 0.5) is 11.5 Å². The topological polar surface area (TPSA) is 91.6 Å². The zero-order valence-corrected chi connectivity index (χ0v) is 16.8. The van der Waals surface area contributed by atoms with Gasteiger partial charge in [-0.2, -0.15) is 5.10 Å². The second-order valence-electron chi connectivity index (χ2n) is 6.68. The highest BCUT2D eigenvalue weighted by atomic mass is 127. The van der Waals surface area contributed by atoms with Crippen molar-refractivity contribution < 1.29 is 9.90 Å². The van der Waals surface area contributed by atoms with Gasteiger partial charge in [-0.3, -0.25) is 4.79 Å². The maximum Gasteiger partial charge on any atom is 0.261 e. The van der Waals surface area contributed by atoms with Crippen LogP contribution in [0.1, 0.15) is 36.0 Å². The molecule has 0 saturated heterocycles. The number of aromatic nitrogens is 3. The number of carbonyl (C=O) groups excluding carboxylic acids is 1. The van der Waals surface area contributed by atoms with Crippen molar-refractivity contribution in [1.82, 2.24) is 14.6 Å². The summed E-state index contributed by atoms with van der Waals surface area (Å²) < 4.78 is 2.54. The first-order valence-electron chi connectivity index (χ1n) is 8.97. The smallest absolute Gasteiger partial charge is 0.261 e. The number of halogens is 1. The van der Waals surface area contributed by atoms with Gasteiger partial charge >= 0.3 is 0 Å². The summed E-state index contributed by atoms with van der Waals surface area (Å²) in [5, 5.41) is 20.6. The Morgan fingerprint density at radius 3 is 2.85 bits per heavy atom. The van der Waals surface area contributed by atoms with Gasteiger partial charge in [-0.25, -0.2) is 9.50 Å². The predicted octanol–water partition coefficient (Wildman–Crippen LogP) is 3.30. The molecule has 0 spiro atoms. The first kappa shape index (κ1) is 18.2. The molecule has 3 N–H and O–H groups in total. The number of aliphatic hydroxyl groups is 1. The minimum Gasteiger partial charge on any atom is -0.391 e. The number of para-hydroxylation sites is 1. The van der Waals surface area contributed by atoms with Gasteiger partial charge in [0.1, 0.15) is 11.4 Å². The van der Waals surface area contributed by atoms with E-state index >= 15 is 0 Å². The molecular formula is C19H20IN5O2. The Hall–Kier alpha value is -2.20. The Balaban J connectivity index is 1.58. The van der Waals surface area contributed by atoms with E-state index < -0.39 is 0 Å². The van der Waals surface area contributed by atoms with Crippen molar-refractivity contribution in [3.05, 3.63) is 51.9 Å². The van der Waals surface area contributed by atoms with Crippen molar-refractivity contribution >= 4 is 45.7 Å². The third kappa shape index (κ3) is 3.91. The highest BCUT2D eigenvalue weighted by molar-refractivity contribution is 14.1. The van der Waals surface area contributed by atoms with E-state index in [0.29, 0.717) is 17.0 Å². The monoisotopic (exact) mass is 477 g/mol. The number of rotatable bonds is 4. The number of hydrogen-bond donors (Lipinski definition) is 3. The molecule has 1 aromatic carbocycles. The van der Waals surface area contributed by atoms with Crippen LogP contribution >= 0.6 is 22.6 Å². The van der Waals surface area contributed by atoms with E-state index in [4.69, 9.17) is 0 Å². The van der Waals surface area contributed by atoms with Crippen LogP contribution in [0.5, 0.6) is 0 Å². The van der Waals surface area contributed by atoms with Gasteiger partial charge in [-0.15, -0.1) is 0 Å². The summed E-state index contributed by atoms with van der Waals surface area (Å²) in [6.45, 7) is 0. The van der Waals surface area contributed by atoms with Crippen molar-refractivity contribution in [2.24, 2.45) is 0 Å². The average molecular weight is 477 g/mol. The van der Waals surface area contributed by atoms with Gasteiger partial charge in [0.2, 0.25) is 0 Å². The van der Waals surface area contributed by atoms with Crippen molar-refractivity contribution in [2.45, 2.75) is 37.8 Å². The highest BCUT2D eigenvalue weighted by Crippen LogP contribution is 2.23. The van der Waals surface area contributed by atoms with E-state index in [1.807, 2.05) is 30.3 Å². The van der Waals surface area contributed by atoms with Gasteiger partial charge in [-0.1, -0.05) is 25.0 Å². The Kier molecular flexibility index (Phi) is 5.26. The van der Waals surface area contributed by atoms with E-state index in [0.717, 1.165) is 34.9 Å². The van der Waals surface area contributed by atoms with Crippen LogP contribution in [0.2, 0.25) is 0 Å². The number of carbonyl (C=O) groups is 1. The normalized spacial score (nSPS) is 19.8. The van der Waals surface area contributed by atoms with Gasteiger partial charge in [-0.05, 0) is 53.6 Å². The van der Waals surface area contributed by atoms with Gasteiger partial charge < -0.3 is 15.7 Å². The summed E-state index contributed by atoms with van der Waals surface area (Å²) in [4.78, 5) is 17.3. The molecule has 2 heterocycles. The molecule has 2 atom stereocenters. The second-order valence-corrected chi connectivity index (χ2v) is 7.84. The van der Waals surface area contributed by atoms with Gasteiger partial charge in [0, 0.05) is 9.77 Å². The number of hydrogen-bond acceptors (Lipinski definition) is 5.